The molecule has 72 valence electrons. The summed E-state index contributed by atoms with van der Waals surface area (Å²) >= 11 is 0. The Labute approximate surface area is 72.0 Å². The van der Waals surface area contributed by atoms with Crippen molar-refractivity contribution in [2.24, 2.45) is 0 Å². The van der Waals surface area contributed by atoms with E-state index >= 15 is 0 Å². The van der Waals surface area contributed by atoms with Gasteiger partial charge in [-0.3, -0.25) is 13.6 Å². The highest BCUT2D eigenvalue weighted by Gasteiger charge is 2.29. The molecule has 1 aliphatic rings. The largest absolute Gasteiger partial charge is 0.474 e. The van der Waals surface area contributed by atoms with Crippen LogP contribution in [-0.4, -0.2) is 33.4 Å². The molecule has 0 unspecified atom stereocenters. The Bertz CT molecular complexity index is 172. The maximum atomic E-state index is 11.4. The van der Waals surface area contributed by atoms with E-state index in [9.17, 15) is 4.57 Å². The molecule has 0 aliphatic carbocycles. The Balaban J connectivity index is 2.41. The minimum atomic E-state index is -3.27. The second kappa shape index (κ2) is 4.35. The molecule has 1 N–H and O–H groups in total. The first kappa shape index (κ1) is 10.2. The van der Waals surface area contributed by atoms with Crippen molar-refractivity contribution in [3.05, 3.63) is 0 Å². The number of nitrogens with one attached hydrogen (secondary N) is 1. The van der Waals surface area contributed by atoms with Gasteiger partial charge in [0, 0.05) is 20.8 Å². The van der Waals surface area contributed by atoms with Crippen molar-refractivity contribution in [2.45, 2.75) is 12.5 Å². The number of phosphoric acid groups is 1. The summed E-state index contributed by atoms with van der Waals surface area (Å²) in [6, 6.07) is 0. The second-order valence-electron chi connectivity index (χ2n) is 2.53. The fraction of sp³-hybridized carbons (Fsp3) is 1.00. The van der Waals surface area contributed by atoms with Crippen LogP contribution >= 0.6 is 7.82 Å². The second-order valence-corrected chi connectivity index (χ2v) is 4.37. The molecule has 12 heavy (non-hydrogen) atoms. The lowest BCUT2D eigenvalue weighted by Gasteiger charge is -2.17. The molecule has 5 nitrogen and oxygen atoms in total. The molecule has 0 radical (unpaired) electrons. The third-order valence-electron chi connectivity index (χ3n) is 1.74. The van der Waals surface area contributed by atoms with Crippen molar-refractivity contribution in [3.8, 4) is 0 Å². The highest BCUT2D eigenvalue weighted by Crippen LogP contribution is 2.49. The third-order valence-corrected chi connectivity index (χ3v) is 3.19. The maximum absolute atomic E-state index is 11.4. The van der Waals surface area contributed by atoms with Crippen LogP contribution in [-0.2, 0) is 18.1 Å². The standard InChI is InChI=1S/C6H14NO4P/c1-9-12(8,10-2)11-6-3-4-7-5-6/h6-7H,3-5H2,1-2H3/t6-/m1/s1. The van der Waals surface area contributed by atoms with Gasteiger partial charge in [0.15, 0.2) is 0 Å². The summed E-state index contributed by atoms with van der Waals surface area (Å²) in [6.45, 7) is 1.59. The van der Waals surface area contributed by atoms with Crippen LogP contribution in [0.1, 0.15) is 6.42 Å². The Hall–Kier alpha value is 0.0700. The van der Waals surface area contributed by atoms with Gasteiger partial charge in [0.05, 0.1) is 6.10 Å². The van der Waals surface area contributed by atoms with Crippen LogP contribution in [0.4, 0.5) is 0 Å². The molecule has 1 saturated heterocycles. The van der Waals surface area contributed by atoms with Gasteiger partial charge in [-0.1, -0.05) is 0 Å². The first-order valence-electron chi connectivity index (χ1n) is 3.81. The van der Waals surface area contributed by atoms with Crippen molar-refractivity contribution < 1.29 is 18.1 Å². The van der Waals surface area contributed by atoms with Crippen LogP contribution in [0.5, 0.6) is 0 Å². The molecule has 0 aromatic carbocycles. The molecule has 1 atom stereocenters. The Morgan fingerprint density at radius 1 is 1.42 bits per heavy atom. The quantitative estimate of drug-likeness (QED) is 0.671. The average Bonchev–Trinajstić information content (AvgIpc) is 2.57. The van der Waals surface area contributed by atoms with E-state index in [2.05, 4.69) is 14.4 Å². The van der Waals surface area contributed by atoms with Crippen molar-refractivity contribution in [3.63, 3.8) is 0 Å². The van der Waals surface area contributed by atoms with Gasteiger partial charge in [-0.15, -0.1) is 0 Å². The van der Waals surface area contributed by atoms with Crippen molar-refractivity contribution >= 4 is 7.82 Å². The predicted octanol–water partition coefficient (Wildman–Crippen LogP) is 0.766. The lowest BCUT2D eigenvalue weighted by Crippen LogP contribution is -2.16. The van der Waals surface area contributed by atoms with E-state index < -0.39 is 7.82 Å². The molecule has 1 rings (SSSR count). The van der Waals surface area contributed by atoms with Crippen LogP contribution in [0.25, 0.3) is 0 Å². The van der Waals surface area contributed by atoms with E-state index in [-0.39, 0.29) is 6.10 Å². The molecule has 1 aliphatic heterocycles. The number of phosphoric ester groups is 1. The molecular formula is C6H14NO4P. The number of hydrogen-bond donors (Lipinski definition) is 1. The molecule has 6 heteroatoms. The molecule has 0 aromatic heterocycles. The lowest BCUT2D eigenvalue weighted by molar-refractivity contribution is 0.114. The van der Waals surface area contributed by atoms with Crippen LogP contribution in [0.3, 0.4) is 0 Å². The smallest absolute Gasteiger partial charge is 0.314 e. The molecule has 0 bridgehead atoms. The zero-order chi connectivity index (χ0) is 9.03. The molecule has 1 heterocycles. The summed E-state index contributed by atoms with van der Waals surface area (Å²) < 4.78 is 25.8. The van der Waals surface area contributed by atoms with Gasteiger partial charge < -0.3 is 5.32 Å². The van der Waals surface area contributed by atoms with Gasteiger partial charge >= 0.3 is 7.82 Å². The monoisotopic (exact) mass is 195 g/mol. The summed E-state index contributed by atoms with van der Waals surface area (Å²) in [7, 11) is -0.646. The number of hydrogen-bond acceptors (Lipinski definition) is 5. The van der Waals surface area contributed by atoms with Gasteiger partial charge in [0.25, 0.3) is 0 Å². The van der Waals surface area contributed by atoms with Crippen LogP contribution in [0.15, 0.2) is 0 Å². The van der Waals surface area contributed by atoms with Crippen LogP contribution in [0.2, 0.25) is 0 Å². The fourth-order valence-electron chi connectivity index (χ4n) is 1.06. The number of rotatable bonds is 4. The zero-order valence-electron chi connectivity index (χ0n) is 7.28. The molecule has 0 saturated carbocycles. The Morgan fingerprint density at radius 3 is 2.50 bits per heavy atom. The average molecular weight is 195 g/mol. The maximum Gasteiger partial charge on any atom is 0.474 e. The highest BCUT2D eigenvalue weighted by molar-refractivity contribution is 7.48. The summed E-state index contributed by atoms with van der Waals surface area (Å²) in [5, 5.41) is 3.09. The SMILES string of the molecule is COP(=O)(OC)O[C@@H]1CCNC1. The first-order valence-corrected chi connectivity index (χ1v) is 5.27. The molecular weight excluding hydrogens is 181 g/mol. The van der Waals surface area contributed by atoms with Crippen molar-refractivity contribution in [1.29, 1.82) is 0 Å². The lowest BCUT2D eigenvalue weighted by atomic mass is 10.3. The summed E-state index contributed by atoms with van der Waals surface area (Å²) in [5.74, 6) is 0. The summed E-state index contributed by atoms with van der Waals surface area (Å²) in [6.07, 6.45) is 0.784. The molecule has 0 amide bonds. The van der Waals surface area contributed by atoms with Gasteiger partial charge in [0.1, 0.15) is 0 Å². The minimum absolute atomic E-state index is 0.0595. The fourth-order valence-corrected chi connectivity index (χ4v) is 1.93. The topological polar surface area (TPSA) is 56.8 Å². The Kier molecular flexibility index (Phi) is 3.68. The normalized spacial score (nSPS) is 24.7. The van der Waals surface area contributed by atoms with Crippen molar-refractivity contribution in [1.82, 2.24) is 5.32 Å². The van der Waals surface area contributed by atoms with E-state index in [1.54, 1.807) is 0 Å². The molecule has 0 aromatic rings. The van der Waals surface area contributed by atoms with E-state index in [0.29, 0.717) is 6.54 Å². The van der Waals surface area contributed by atoms with Gasteiger partial charge in [-0.05, 0) is 13.0 Å². The van der Waals surface area contributed by atoms with Crippen LogP contribution in [0, 0.1) is 0 Å². The molecule has 1 fully saturated rings. The van der Waals surface area contributed by atoms with Crippen LogP contribution < -0.4 is 5.32 Å². The molecule has 0 spiro atoms. The summed E-state index contributed by atoms with van der Waals surface area (Å²) in [4.78, 5) is 0. The minimum Gasteiger partial charge on any atom is -0.314 e. The predicted molar refractivity (Wildman–Crippen MR) is 44.0 cm³/mol. The van der Waals surface area contributed by atoms with E-state index in [1.165, 1.54) is 14.2 Å². The van der Waals surface area contributed by atoms with E-state index in [1.807, 2.05) is 0 Å². The van der Waals surface area contributed by atoms with E-state index in [4.69, 9.17) is 4.52 Å². The van der Waals surface area contributed by atoms with Crippen molar-refractivity contribution in [2.75, 3.05) is 27.3 Å². The van der Waals surface area contributed by atoms with Gasteiger partial charge in [-0.25, -0.2) is 4.57 Å². The Morgan fingerprint density at radius 2 is 2.08 bits per heavy atom. The van der Waals surface area contributed by atoms with Gasteiger partial charge in [0.2, 0.25) is 0 Å². The van der Waals surface area contributed by atoms with E-state index in [0.717, 1.165) is 13.0 Å². The highest BCUT2D eigenvalue weighted by atomic mass is 31.2. The first-order chi connectivity index (χ1) is 5.70. The third kappa shape index (κ3) is 2.54. The van der Waals surface area contributed by atoms with Gasteiger partial charge in [-0.2, -0.15) is 0 Å². The zero-order valence-corrected chi connectivity index (χ0v) is 8.17. The summed E-state index contributed by atoms with van der Waals surface area (Å²) in [5.41, 5.74) is 0.